The first-order valence-corrected chi connectivity index (χ1v) is 7.36. The van der Waals surface area contributed by atoms with Crippen LogP contribution in [0, 0.1) is 11.3 Å². The van der Waals surface area contributed by atoms with E-state index >= 15 is 0 Å². The smallest absolute Gasteiger partial charge is 0.215 e. The molecule has 0 saturated heterocycles. The third-order valence-corrected chi connectivity index (χ3v) is 4.15. The molecule has 110 valence electrons. The van der Waals surface area contributed by atoms with Crippen LogP contribution in [-0.4, -0.2) is 21.6 Å². The number of alkyl halides is 1. The van der Waals surface area contributed by atoms with Crippen LogP contribution in [-0.2, 0) is 12.4 Å². The van der Waals surface area contributed by atoms with Gasteiger partial charge in [-0.25, -0.2) is 4.98 Å². The van der Waals surface area contributed by atoms with Crippen molar-refractivity contribution in [3.8, 4) is 5.88 Å². The molecule has 0 radical (unpaired) electrons. The third kappa shape index (κ3) is 2.90. The Kier molecular flexibility index (Phi) is 4.23. The monoisotopic (exact) mass is 295 g/mol. The molecule has 0 aromatic carbocycles. The van der Waals surface area contributed by atoms with E-state index < -0.39 is 0 Å². The molecule has 0 amide bonds. The molecule has 4 nitrogen and oxygen atoms in total. The van der Waals surface area contributed by atoms with Crippen molar-refractivity contribution in [3.05, 3.63) is 18.0 Å². The molecule has 5 heteroatoms. The first-order chi connectivity index (χ1) is 9.36. The summed E-state index contributed by atoms with van der Waals surface area (Å²) in [6, 6.07) is 3.75. The molecule has 1 unspecified atom stereocenters. The van der Waals surface area contributed by atoms with Gasteiger partial charge in [0.15, 0.2) is 5.65 Å². The molecule has 0 aliphatic heterocycles. The molecule has 2 rings (SSSR count). The summed E-state index contributed by atoms with van der Waals surface area (Å²) < 4.78 is 7.32. The van der Waals surface area contributed by atoms with Crippen molar-refractivity contribution in [2.75, 3.05) is 7.11 Å². The van der Waals surface area contributed by atoms with E-state index in [4.69, 9.17) is 16.3 Å². The Morgan fingerprint density at radius 3 is 2.55 bits per heavy atom. The molecule has 0 N–H and O–H groups in total. The number of nitrogens with zero attached hydrogens (tertiary/aromatic N) is 3. The lowest BCUT2D eigenvalue weighted by atomic mass is 9.82. The molecule has 20 heavy (non-hydrogen) atoms. The van der Waals surface area contributed by atoms with Crippen LogP contribution in [0.2, 0.25) is 0 Å². The second-order valence-electron chi connectivity index (χ2n) is 6.24. The summed E-state index contributed by atoms with van der Waals surface area (Å²) in [7, 11) is 1.62. The lowest BCUT2D eigenvalue weighted by molar-refractivity contribution is 0.233. The summed E-state index contributed by atoms with van der Waals surface area (Å²) in [6.45, 7) is 9.81. The van der Waals surface area contributed by atoms with Crippen molar-refractivity contribution in [3.63, 3.8) is 0 Å². The minimum atomic E-state index is 0.221. The first-order valence-electron chi connectivity index (χ1n) is 6.83. The van der Waals surface area contributed by atoms with E-state index in [9.17, 15) is 0 Å². The molecular weight excluding hydrogens is 274 g/mol. The van der Waals surface area contributed by atoms with Gasteiger partial charge in [-0.2, -0.15) is 4.98 Å². The van der Waals surface area contributed by atoms with Crippen LogP contribution in [0.4, 0.5) is 0 Å². The fourth-order valence-electron chi connectivity index (χ4n) is 1.99. The van der Waals surface area contributed by atoms with E-state index in [1.165, 1.54) is 0 Å². The van der Waals surface area contributed by atoms with E-state index in [-0.39, 0.29) is 5.41 Å². The van der Waals surface area contributed by atoms with E-state index in [0.29, 0.717) is 17.7 Å². The summed E-state index contributed by atoms with van der Waals surface area (Å²) in [6.07, 6.45) is 0. The zero-order chi connectivity index (χ0) is 14.9. The predicted octanol–water partition coefficient (Wildman–Crippen LogP) is 3.86. The van der Waals surface area contributed by atoms with E-state index in [2.05, 4.69) is 42.2 Å². The largest absolute Gasteiger partial charge is 0.481 e. The molecule has 2 aromatic rings. The molecule has 2 heterocycles. The topological polar surface area (TPSA) is 39.9 Å². The van der Waals surface area contributed by atoms with E-state index in [1.54, 1.807) is 7.11 Å². The maximum Gasteiger partial charge on any atom is 0.215 e. The van der Waals surface area contributed by atoms with Gasteiger partial charge in [0.25, 0.3) is 0 Å². The number of ether oxygens (including phenoxy) is 1. The van der Waals surface area contributed by atoms with Gasteiger partial charge in [0.05, 0.1) is 13.0 Å². The molecule has 2 aromatic heterocycles. The van der Waals surface area contributed by atoms with E-state index in [1.807, 2.05) is 12.1 Å². The number of hydrogen-bond donors (Lipinski definition) is 0. The zero-order valence-corrected chi connectivity index (χ0v) is 13.5. The standard InChI is InChI=1S/C15H22ClN3O/c1-10(15(2,3)4)9-19-12(8-16)17-11-6-7-13(20-5)18-14(11)19/h6-7,10H,8-9H2,1-5H3. The van der Waals surface area contributed by atoms with Crippen molar-refractivity contribution in [2.45, 2.75) is 40.1 Å². The Morgan fingerprint density at radius 2 is 2.00 bits per heavy atom. The SMILES string of the molecule is COc1ccc2nc(CCl)n(CC(C)C(C)(C)C)c2n1. The van der Waals surface area contributed by atoms with Gasteiger partial charge < -0.3 is 9.30 Å². The number of pyridine rings is 1. The molecule has 0 aliphatic rings. The lowest BCUT2D eigenvalue weighted by Crippen LogP contribution is -2.23. The summed E-state index contributed by atoms with van der Waals surface area (Å²) in [5, 5.41) is 0. The minimum Gasteiger partial charge on any atom is -0.481 e. The normalized spacial score (nSPS) is 13.7. The molecule has 0 fully saturated rings. The van der Waals surface area contributed by atoms with Crippen molar-refractivity contribution < 1.29 is 4.74 Å². The summed E-state index contributed by atoms with van der Waals surface area (Å²) in [5.41, 5.74) is 1.93. The van der Waals surface area contributed by atoms with Gasteiger partial charge in [-0.3, -0.25) is 0 Å². The Labute approximate surface area is 125 Å². The molecular formula is C15H22ClN3O. The van der Waals surface area contributed by atoms with Crippen LogP contribution in [0.25, 0.3) is 11.2 Å². The molecule has 0 saturated carbocycles. The van der Waals surface area contributed by atoms with Gasteiger partial charge in [0.1, 0.15) is 11.3 Å². The van der Waals surface area contributed by atoms with Gasteiger partial charge in [-0.1, -0.05) is 27.7 Å². The highest BCUT2D eigenvalue weighted by Crippen LogP contribution is 2.29. The van der Waals surface area contributed by atoms with Crippen molar-refractivity contribution in [1.82, 2.24) is 14.5 Å². The fraction of sp³-hybridized carbons (Fsp3) is 0.600. The number of methoxy groups -OCH3 is 1. The van der Waals surface area contributed by atoms with Crippen molar-refractivity contribution in [2.24, 2.45) is 11.3 Å². The Morgan fingerprint density at radius 1 is 1.30 bits per heavy atom. The van der Waals surface area contributed by atoms with Gasteiger partial charge in [-0.05, 0) is 17.4 Å². The minimum absolute atomic E-state index is 0.221. The molecule has 0 spiro atoms. The zero-order valence-electron chi connectivity index (χ0n) is 12.8. The molecule has 0 aliphatic carbocycles. The average Bonchev–Trinajstić information content (AvgIpc) is 2.75. The quantitative estimate of drug-likeness (QED) is 0.804. The van der Waals surface area contributed by atoms with Gasteiger partial charge in [-0.15, -0.1) is 11.6 Å². The maximum absolute atomic E-state index is 6.03. The summed E-state index contributed by atoms with van der Waals surface area (Å²) >= 11 is 6.03. The lowest BCUT2D eigenvalue weighted by Gasteiger charge is -2.28. The summed E-state index contributed by atoms with van der Waals surface area (Å²) in [5.74, 6) is 2.33. The van der Waals surface area contributed by atoms with E-state index in [0.717, 1.165) is 23.5 Å². The second kappa shape index (κ2) is 5.60. The molecule has 0 bridgehead atoms. The summed E-state index contributed by atoms with van der Waals surface area (Å²) in [4.78, 5) is 9.07. The highest BCUT2D eigenvalue weighted by Gasteiger charge is 2.23. The first kappa shape index (κ1) is 15.1. The Bertz CT molecular complexity index is 601. The second-order valence-corrected chi connectivity index (χ2v) is 6.50. The molecule has 1 atom stereocenters. The number of halogens is 1. The van der Waals surface area contributed by atoms with Crippen LogP contribution < -0.4 is 4.74 Å². The number of rotatable bonds is 4. The maximum atomic E-state index is 6.03. The van der Waals surface area contributed by atoms with Gasteiger partial charge in [0.2, 0.25) is 5.88 Å². The average molecular weight is 296 g/mol. The van der Waals surface area contributed by atoms with Crippen molar-refractivity contribution in [1.29, 1.82) is 0 Å². The Hall–Kier alpha value is -1.29. The third-order valence-electron chi connectivity index (χ3n) is 3.91. The van der Waals surface area contributed by atoms with Crippen molar-refractivity contribution >= 4 is 22.8 Å². The predicted molar refractivity (Wildman–Crippen MR) is 82.3 cm³/mol. The van der Waals surface area contributed by atoms with Gasteiger partial charge in [0, 0.05) is 12.6 Å². The highest BCUT2D eigenvalue weighted by molar-refractivity contribution is 6.16. The van der Waals surface area contributed by atoms with Gasteiger partial charge >= 0.3 is 0 Å². The number of hydrogen-bond acceptors (Lipinski definition) is 3. The van der Waals surface area contributed by atoms with Crippen LogP contribution >= 0.6 is 11.6 Å². The van der Waals surface area contributed by atoms with Crippen LogP contribution in [0.3, 0.4) is 0 Å². The Balaban J connectivity index is 2.48. The van der Waals surface area contributed by atoms with Crippen LogP contribution in [0.5, 0.6) is 5.88 Å². The van der Waals surface area contributed by atoms with Crippen LogP contribution in [0.15, 0.2) is 12.1 Å². The fourth-order valence-corrected chi connectivity index (χ4v) is 2.19. The number of aromatic nitrogens is 3. The highest BCUT2D eigenvalue weighted by atomic mass is 35.5. The number of imidazole rings is 1. The van der Waals surface area contributed by atoms with Crippen LogP contribution in [0.1, 0.15) is 33.5 Å². The number of fused-ring (bicyclic) bond motifs is 1.